The molecule has 4 rings (SSSR count). The van der Waals surface area contributed by atoms with Crippen LogP contribution >= 0.6 is 0 Å². The second-order valence-corrected chi connectivity index (χ2v) is 7.52. The second-order valence-electron chi connectivity index (χ2n) is 7.52. The number of halogens is 1. The molecule has 1 amide bonds. The largest absolute Gasteiger partial charge is 0.380 e. The molecular weight excluding hydrogens is 347 g/mol. The Morgan fingerprint density at radius 2 is 1.85 bits per heavy atom. The lowest BCUT2D eigenvalue weighted by Crippen LogP contribution is -2.56. The molecule has 0 radical (unpaired) electrons. The number of aliphatic hydroxyl groups is 1. The van der Waals surface area contributed by atoms with Gasteiger partial charge in [0.25, 0.3) is 5.91 Å². The minimum atomic E-state index is -1.20. The lowest BCUT2D eigenvalue weighted by molar-refractivity contribution is -0.155. The van der Waals surface area contributed by atoms with Gasteiger partial charge in [-0.2, -0.15) is 5.10 Å². The summed E-state index contributed by atoms with van der Waals surface area (Å²) in [6.07, 6.45) is 7.38. The molecule has 0 atom stereocenters. The molecule has 2 N–H and O–H groups in total. The molecule has 6 nitrogen and oxygen atoms in total. The molecule has 0 unspecified atom stereocenters. The van der Waals surface area contributed by atoms with Crippen LogP contribution in [-0.2, 0) is 4.79 Å². The van der Waals surface area contributed by atoms with Crippen LogP contribution in [0.1, 0.15) is 32.1 Å². The molecule has 2 fully saturated rings. The van der Waals surface area contributed by atoms with Gasteiger partial charge in [0.05, 0.1) is 11.9 Å². The summed E-state index contributed by atoms with van der Waals surface area (Å²) in [7, 11) is 0. The number of carbonyl (C=O) groups excluding carboxylic acids is 1. The summed E-state index contributed by atoms with van der Waals surface area (Å²) in [6, 6.07) is 5.18. The third kappa shape index (κ3) is 3.56. The van der Waals surface area contributed by atoms with E-state index >= 15 is 0 Å². The van der Waals surface area contributed by atoms with Crippen molar-refractivity contribution in [3.05, 3.63) is 36.4 Å². The van der Waals surface area contributed by atoms with Crippen molar-refractivity contribution in [2.75, 3.05) is 31.1 Å². The quantitative estimate of drug-likeness (QED) is 0.869. The van der Waals surface area contributed by atoms with Gasteiger partial charge in [0.15, 0.2) is 0 Å². The molecule has 1 aliphatic carbocycles. The van der Waals surface area contributed by atoms with Gasteiger partial charge in [0.1, 0.15) is 11.4 Å². The van der Waals surface area contributed by atoms with Gasteiger partial charge in [-0.25, -0.2) is 4.39 Å². The summed E-state index contributed by atoms with van der Waals surface area (Å²) in [4.78, 5) is 16.4. The van der Waals surface area contributed by atoms with Crippen LogP contribution in [-0.4, -0.2) is 57.9 Å². The van der Waals surface area contributed by atoms with Crippen molar-refractivity contribution in [2.24, 2.45) is 0 Å². The summed E-state index contributed by atoms with van der Waals surface area (Å²) >= 11 is 0. The third-order valence-corrected chi connectivity index (χ3v) is 5.77. The molecule has 2 aliphatic rings. The Morgan fingerprint density at radius 1 is 1.11 bits per heavy atom. The van der Waals surface area contributed by atoms with Crippen LogP contribution in [0.5, 0.6) is 0 Å². The van der Waals surface area contributed by atoms with Gasteiger partial charge in [0, 0.05) is 37.9 Å². The maximum Gasteiger partial charge on any atom is 0.254 e. The fourth-order valence-corrected chi connectivity index (χ4v) is 4.15. The van der Waals surface area contributed by atoms with Crippen molar-refractivity contribution >= 4 is 11.6 Å². The van der Waals surface area contributed by atoms with E-state index in [1.807, 2.05) is 11.0 Å². The Morgan fingerprint density at radius 3 is 2.48 bits per heavy atom. The van der Waals surface area contributed by atoms with Crippen LogP contribution in [0, 0.1) is 5.82 Å². The van der Waals surface area contributed by atoms with Crippen molar-refractivity contribution in [1.82, 2.24) is 15.1 Å². The van der Waals surface area contributed by atoms with E-state index in [4.69, 9.17) is 0 Å². The number of hydrogen-bond acceptors (Lipinski definition) is 4. The van der Waals surface area contributed by atoms with Crippen LogP contribution in [0.4, 0.5) is 10.1 Å². The van der Waals surface area contributed by atoms with Crippen molar-refractivity contribution in [2.45, 2.75) is 37.7 Å². The first-order valence-electron chi connectivity index (χ1n) is 9.62. The van der Waals surface area contributed by atoms with Crippen LogP contribution < -0.4 is 4.90 Å². The van der Waals surface area contributed by atoms with Gasteiger partial charge in [-0.05, 0) is 30.5 Å². The van der Waals surface area contributed by atoms with E-state index in [2.05, 4.69) is 10.2 Å². The minimum Gasteiger partial charge on any atom is -0.380 e. The highest BCUT2D eigenvalue weighted by atomic mass is 19.1. The molecule has 1 aromatic carbocycles. The lowest BCUT2D eigenvalue weighted by Gasteiger charge is -2.41. The zero-order chi connectivity index (χ0) is 18.9. The zero-order valence-electron chi connectivity index (χ0n) is 15.3. The normalized spacial score (nSPS) is 19.9. The van der Waals surface area contributed by atoms with Crippen molar-refractivity contribution < 1.29 is 14.3 Å². The van der Waals surface area contributed by atoms with Crippen LogP contribution in [0.25, 0.3) is 11.1 Å². The highest BCUT2D eigenvalue weighted by molar-refractivity contribution is 5.85. The lowest BCUT2D eigenvalue weighted by atomic mass is 9.83. The topological polar surface area (TPSA) is 72.5 Å². The number of hydrogen-bond donors (Lipinski definition) is 2. The van der Waals surface area contributed by atoms with Crippen LogP contribution in [0.15, 0.2) is 30.6 Å². The van der Waals surface area contributed by atoms with Gasteiger partial charge in [-0.3, -0.25) is 9.89 Å². The van der Waals surface area contributed by atoms with Gasteiger partial charge in [0.2, 0.25) is 0 Å². The molecule has 1 aliphatic heterocycles. The number of anilines is 1. The maximum atomic E-state index is 14.6. The fraction of sp³-hybridized carbons (Fsp3) is 0.500. The molecule has 0 spiro atoms. The Hall–Kier alpha value is -2.41. The van der Waals surface area contributed by atoms with Crippen molar-refractivity contribution in [3.63, 3.8) is 0 Å². The van der Waals surface area contributed by atoms with Gasteiger partial charge in [-0.1, -0.05) is 25.3 Å². The first-order chi connectivity index (χ1) is 13.1. The SMILES string of the molecule is O=C(N1CCN(c2ccc(-c3cn[nH]c3)cc2F)CC1)C1(O)CCCCC1. The number of amides is 1. The van der Waals surface area contributed by atoms with E-state index in [1.165, 1.54) is 6.07 Å². The smallest absolute Gasteiger partial charge is 0.254 e. The Kier molecular flexibility index (Phi) is 4.86. The van der Waals surface area contributed by atoms with Gasteiger partial charge >= 0.3 is 0 Å². The number of rotatable bonds is 3. The highest BCUT2D eigenvalue weighted by Gasteiger charge is 2.40. The number of piperazine rings is 1. The molecule has 1 saturated heterocycles. The Bertz CT molecular complexity index is 794. The van der Waals surface area contributed by atoms with E-state index < -0.39 is 5.60 Å². The number of aromatic nitrogens is 2. The maximum absolute atomic E-state index is 14.6. The molecular formula is C20H25FN4O2. The number of carbonyl (C=O) groups is 1. The van der Waals surface area contributed by atoms with Crippen LogP contribution in [0.2, 0.25) is 0 Å². The summed E-state index contributed by atoms with van der Waals surface area (Å²) < 4.78 is 14.6. The molecule has 27 heavy (non-hydrogen) atoms. The molecule has 7 heteroatoms. The summed E-state index contributed by atoms with van der Waals surface area (Å²) in [6.45, 7) is 2.13. The monoisotopic (exact) mass is 372 g/mol. The summed E-state index contributed by atoms with van der Waals surface area (Å²) in [5.41, 5.74) is 0.971. The van der Waals surface area contributed by atoms with E-state index in [-0.39, 0.29) is 11.7 Å². The van der Waals surface area contributed by atoms with Gasteiger partial charge < -0.3 is 14.9 Å². The van der Waals surface area contributed by atoms with E-state index in [0.717, 1.165) is 30.4 Å². The first kappa shape index (κ1) is 18.0. The van der Waals surface area contributed by atoms with Crippen LogP contribution in [0.3, 0.4) is 0 Å². The average molecular weight is 372 g/mol. The summed E-state index contributed by atoms with van der Waals surface area (Å²) in [5, 5.41) is 17.3. The molecule has 2 aromatic rings. The van der Waals surface area contributed by atoms with E-state index in [0.29, 0.717) is 44.7 Å². The number of nitrogens with zero attached hydrogens (tertiary/aromatic N) is 3. The molecule has 1 aromatic heterocycles. The minimum absolute atomic E-state index is 0.155. The number of nitrogens with one attached hydrogen (secondary N) is 1. The van der Waals surface area contributed by atoms with E-state index in [9.17, 15) is 14.3 Å². The number of benzene rings is 1. The fourth-order valence-electron chi connectivity index (χ4n) is 4.15. The molecule has 0 bridgehead atoms. The zero-order valence-corrected chi connectivity index (χ0v) is 15.3. The van der Waals surface area contributed by atoms with Crippen molar-refractivity contribution in [3.8, 4) is 11.1 Å². The van der Waals surface area contributed by atoms with Crippen molar-refractivity contribution in [1.29, 1.82) is 0 Å². The standard InChI is InChI=1S/C20H25FN4O2/c21-17-12-15(16-13-22-23-14-16)4-5-18(17)24-8-10-25(11-9-24)19(26)20(27)6-2-1-3-7-20/h4-5,12-14,27H,1-3,6-11H2,(H,22,23). The number of H-pyrrole nitrogens is 1. The van der Waals surface area contributed by atoms with E-state index in [1.54, 1.807) is 23.4 Å². The Labute approximate surface area is 158 Å². The molecule has 144 valence electrons. The highest BCUT2D eigenvalue weighted by Crippen LogP contribution is 2.31. The van der Waals surface area contributed by atoms with Gasteiger partial charge in [-0.15, -0.1) is 0 Å². The Balaban J connectivity index is 1.41. The second kappa shape index (κ2) is 7.31. The summed E-state index contributed by atoms with van der Waals surface area (Å²) in [5.74, 6) is -0.433. The third-order valence-electron chi connectivity index (χ3n) is 5.77. The predicted molar refractivity (Wildman–Crippen MR) is 101 cm³/mol. The number of aromatic amines is 1. The predicted octanol–water partition coefficient (Wildman–Crippen LogP) is 2.56. The first-order valence-corrected chi connectivity index (χ1v) is 9.62. The molecule has 2 heterocycles. The molecule has 1 saturated carbocycles. The average Bonchev–Trinajstić information content (AvgIpc) is 3.23.